The Morgan fingerprint density at radius 1 is 1.35 bits per heavy atom. The fraction of sp³-hybridized carbons (Fsp3) is 0.400. The zero-order valence-corrected chi connectivity index (χ0v) is 12.7. The maximum Gasteiger partial charge on any atom is 0.150 e. The van der Waals surface area contributed by atoms with Crippen LogP contribution in [0.25, 0.3) is 0 Å². The quantitative estimate of drug-likeness (QED) is 0.735. The highest BCUT2D eigenvalue weighted by Gasteiger charge is 2.10. The molecule has 20 heavy (non-hydrogen) atoms. The summed E-state index contributed by atoms with van der Waals surface area (Å²) in [5, 5.41) is 4.14. The van der Waals surface area contributed by atoms with Gasteiger partial charge in [0.2, 0.25) is 0 Å². The van der Waals surface area contributed by atoms with Crippen molar-refractivity contribution in [2.45, 2.75) is 38.1 Å². The highest BCUT2D eigenvalue weighted by atomic mass is 32.2. The van der Waals surface area contributed by atoms with Gasteiger partial charge in [-0.15, -0.1) is 11.8 Å². The van der Waals surface area contributed by atoms with Gasteiger partial charge in [-0.05, 0) is 25.0 Å². The van der Waals surface area contributed by atoms with Crippen LogP contribution in [-0.2, 0) is 17.8 Å². The molecule has 4 nitrogen and oxygen atoms in total. The molecule has 0 atom stereocenters. The number of aryl methyl sites for hydroxylation is 2. The van der Waals surface area contributed by atoms with Crippen LogP contribution in [0.3, 0.4) is 0 Å². The summed E-state index contributed by atoms with van der Waals surface area (Å²) in [6.07, 6.45) is 2.87. The predicted octanol–water partition coefficient (Wildman–Crippen LogP) is 2.90. The molecule has 0 bridgehead atoms. The van der Waals surface area contributed by atoms with Crippen LogP contribution in [0, 0.1) is 6.92 Å². The van der Waals surface area contributed by atoms with E-state index in [2.05, 4.69) is 30.0 Å². The molecular weight excluding hydrogens is 270 g/mol. The van der Waals surface area contributed by atoms with E-state index >= 15 is 0 Å². The molecule has 0 fully saturated rings. The molecule has 0 saturated heterocycles. The second-order valence-corrected chi connectivity index (χ2v) is 5.69. The molecule has 1 heterocycles. The average molecular weight is 289 g/mol. The van der Waals surface area contributed by atoms with Gasteiger partial charge in [0.05, 0.1) is 12.2 Å². The minimum Gasteiger partial charge on any atom is -0.298 e. The van der Waals surface area contributed by atoms with E-state index in [0.29, 0.717) is 12.2 Å². The summed E-state index contributed by atoms with van der Waals surface area (Å²) >= 11 is 1.59. The van der Waals surface area contributed by atoms with Crippen LogP contribution in [0.5, 0.6) is 0 Å². The SMILES string of the molecule is CCCn1ncnc1CC(=O)CSc1ccccc1C. The zero-order valence-electron chi connectivity index (χ0n) is 11.9. The minimum atomic E-state index is 0.184. The lowest BCUT2D eigenvalue weighted by atomic mass is 10.2. The van der Waals surface area contributed by atoms with Crippen molar-refractivity contribution >= 4 is 17.5 Å². The lowest BCUT2D eigenvalue weighted by Gasteiger charge is -2.05. The fourth-order valence-electron chi connectivity index (χ4n) is 1.93. The van der Waals surface area contributed by atoms with Gasteiger partial charge in [0.1, 0.15) is 12.2 Å². The first kappa shape index (κ1) is 14.8. The van der Waals surface area contributed by atoms with Crippen LogP contribution in [-0.4, -0.2) is 26.3 Å². The molecule has 0 saturated carbocycles. The number of rotatable bonds is 7. The van der Waals surface area contributed by atoms with Crippen molar-refractivity contribution in [3.8, 4) is 0 Å². The Hall–Kier alpha value is -1.62. The number of thioether (sulfide) groups is 1. The van der Waals surface area contributed by atoms with Crippen molar-refractivity contribution in [2.24, 2.45) is 0 Å². The Morgan fingerprint density at radius 2 is 2.15 bits per heavy atom. The maximum atomic E-state index is 12.0. The van der Waals surface area contributed by atoms with Gasteiger partial charge in [0.15, 0.2) is 5.78 Å². The van der Waals surface area contributed by atoms with Gasteiger partial charge < -0.3 is 0 Å². The van der Waals surface area contributed by atoms with Crippen LogP contribution in [0.15, 0.2) is 35.5 Å². The van der Waals surface area contributed by atoms with Crippen molar-refractivity contribution in [3.05, 3.63) is 42.0 Å². The predicted molar refractivity (Wildman–Crippen MR) is 80.9 cm³/mol. The van der Waals surface area contributed by atoms with E-state index in [1.54, 1.807) is 11.8 Å². The highest BCUT2D eigenvalue weighted by Crippen LogP contribution is 2.21. The Balaban J connectivity index is 1.90. The topological polar surface area (TPSA) is 47.8 Å². The molecule has 0 unspecified atom stereocenters. The molecular formula is C15H19N3OS. The van der Waals surface area contributed by atoms with Gasteiger partial charge >= 0.3 is 0 Å². The lowest BCUT2D eigenvalue weighted by molar-refractivity contribution is -0.116. The molecule has 1 aromatic heterocycles. The first-order chi connectivity index (χ1) is 9.70. The van der Waals surface area contributed by atoms with Crippen molar-refractivity contribution in [2.75, 3.05) is 5.75 Å². The smallest absolute Gasteiger partial charge is 0.150 e. The van der Waals surface area contributed by atoms with Gasteiger partial charge in [-0.2, -0.15) is 5.10 Å². The highest BCUT2D eigenvalue weighted by molar-refractivity contribution is 8.00. The van der Waals surface area contributed by atoms with Gasteiger partial charge in [0, 0.05) is 11.4 Å². The first-order valence-electron chi connectivity index (χ1n) is 6.77. The minimum absolute atomic E-state index is 0.184. The molecule has 2 rings (SSSR count). The van der Waals surface area contributed by atoms with Crippen LogP contribution in [0.1, 0.15) is 24.7 Å². The third-order valence-corrected chi connectivity index (χ3v) is 4.20. The monoisotopic (exact) mass is 289 g/mol. The summed E-state index contributed by atoms with van der Waals surface area (Å²) in [7, 11) is 0. The number of Topliss-reactive ketones (excluding diaryl/α,β-unsaturated/α-hetero) is 1. The molecule has 2 aromatic rings. The van der Waals surface area contributed by atoms with E-state index in [-0.39, 0.29) is 5.78 Å². The second kappa shape index (κ2) is 7.24. The van der Waals surface area contributed by atoms with Crippen molar-refractivity contribution in [1.82, 2.24) is 14.8 Å². The van der Waals surface area contributed by atoms with Crippen LogP contribution in [0.4, 0.5) is 0 Å². The standard InChI is InChI=1S/C15H19N3OS/c1-3-8-18-15(16-11-17-18)9-13(19)10-20-14-7-5-4-6-12(14)2/h4-7,11H,3,8-10H2,1-2H3. The molecule has 0 spiro atoms. The molecule has 0 aliphatic rings. The van der Waals surface area contributed by atoms with Gasteiger partial charge in [0.25, 0.3) is 0 Å². The third kappa shape index (κ3) is 3.93. The van der Waals surface area contributed by atoms with Crippen molar-refractivity contribution in [3.63, 3.8) is 0 Å². The van der Waals surface area contributed by atoms with Crippen molar-refractivity contribution in [1.29, 1.82) is 0 Å². The van der Waals surface area contributed by atoms with E-state index in [1.165, 1.54) is 11.9 Å². The Bertz CT molecular complexity index is 580. The molecule has 0 radical (unpaired) electrons. The van der Waals surface area contributed by atoms with E-state index < -0.39 is 0 Å². The molecule has 0 aliphatic heterocycles. The van der Waals surface area contributed by atoms with Crippen LogP contribution in [0.2, 0.25) is 0 Å². The van der Waals surface area contributed by atoms with Gasteiger partial charge in [-0.3, -0.25) is 4.79 Å². The Kier molecular flexibility index (Phi) is 5.35. The van der Waals surface area contributed by atoms with E-state index in [9.17, 15) is 4.79 Å². The lowest BCUT2D eigenvalue weighted by Crippen LogP contribution is -2.12. The van der Waals surface area contributed by atoms with Crippen molar-refractivity contribution < 1.29 is 4.79 Å². The molecule has 0 amide bonds. The summed E-state index contributed by atoms with van der Waals surface area (Å²) in [6.45, 7) is 4.96. The number of benzene rings is 1. The van der Waals surface area contributed by atoms with Gasteiger partial charge in [-0.1, -0.05) is 25.1 Å². The van der Waals surface area contributed by atoms with E-state index in [1.807, 2.05) is 22.9 Å². The number of carbonyl (C=O) groups is 1. The Morgan fingerprint density at radius 3 is 2.90 bits per heavy atom. The fourth-order valence-corrected chi connectivity index (χ4v) is 2.82. The number of carbonyl (C=O) groups excluding carboxylic acids is 1. The number of hydrogen-bond donors (Lipinski definition) is 0. The van der Waals surface area contributed by atoms with Gasteiger partial charge in [-0.25, -0.2) is 9.67 Å². The summed E-state index contributed by atoms with van der Waals surface area (Å²) < 4.78 is 1.82. The number of aromatic nitrogens is 3. The van der Waals surface area contributed by atoms with E-state index in [0.717, 1.165) is 23.7 Å². The summed E-state index contributed by atoms with van der Waals surface area (Å²) in [6, 6.07) is 8.11. The summed E-state index contributed by atoms with van der Waals surface area (Å²) in [4.78, 5) is 17.4. The number of hydrogen-bond acceptors (Lipinski definition) is 4. The molecule has 0 aliphatic carbocycles. The first-order valence-corrected chi connectivity index (χ1v) is 7.76. The van der Waals surface area contributed by atoms with Crippen LogP contribution < -0.4 is 0 Å². The molecule has 106 valence electrons. The summed E-state index contributed by atoms with van der Waals surface area (Å²) in [5.74, 6) is 1.43. The maximum absolute atomic E-state index is 12.0. The molecule has 0 N–H and O–H groups in total. The normalized spacial score (nSPS) is 10.7. The summed E-state index contributed by atoms with van der Waals surface area (Å²) in [5.41, 5.74) is 1.21. The third-order valence-electron chi connectivity index (χ3n) is 2.97. The molecule has 1 aromatic carbocycles. The molecule has 5 heteroatoms. The number of nitrogens with zero attached hydrogens (tertiary/aromatic N) is 3. The Labute approximate surface area is 123 Å². The van der Waals surface area contributed by atoms with E-state index in [4.69, 9.17) is 0 Å². The average Bonchev–Trinajstić information content (AvgIpc) is 2.86. The van der Waals surface area contributed by atoms with Crippen LogP contribution >= 0.6 is 11.8 Å². The zero-order chi connectivity index (χ0) is 14.4. The number of ketones is 1. The largest absolute Gasteiger partial charge is 0.298 e. The second-order valence-electron chi connectivity index (χ2n) is 4.67.